The number of rotatable bonds is 4. The summed E-state index contributed by atoms with van der Waals surface area (Å²) in [6.07, 6.45) is 0. The van der Waals surface area contributed by atoms with Crippen LogP contribution in [0.2, 0.25) is 10.0 Å². The molecule has 2 aromatic rings. The Kier molecular flexibility index (Phi) is 5.08. The molecule has 0 unspecified atom stereocenters. The summed E-state index contributed by atoms with van der Waals surface area (Å²) in [7, 11) is 0. The van der Waals surface area contributed by atoms with E-state index in [9.17, 15) is 10.1 Å². The molecule has 0 aliphatic heterocycles. The number of aryl methyl sites for hydroxylation is 1. The summed E-state index contributed by atoms with van der Waals surface area (Å²) in [6, 6.07) is 8.63. The van der Waals surface area contributed by atoms with E-state index in [1.165, 1.54) is 6.07 Å². The third-order valence-electron chi connectivity index (χ3n) is 2.97. The molecule has 0 atom stereocenters. The summed E-state index contributed by atoms with van der Waals surface area (Å²) in [6.45, 7) is 2.29. The lowest BCUT2D eigenvalue weighted by molar-refractivity contribution is -0.384. The SMILES string of the molecule is Cc1cc([N+](=O)[O-])c(Cl)cc1NCc1ccc(Br)cc1Cl. The van der Waals surface area contributed by atoms with Crippen LogP contribution < -0.4 is 5.32 Å². The molecule has 2 aromatic carbocycles. The Balaban J connectivity index is 2.20. The van der Waals surface area contributed by atoms with Crippen LogP contribution in [-0.4, -0.2) is 4.92 Å². The highest BCUT2D eigenvalue weighted by Crippen LogP contribution is 2.31. The van der Waals surface area contributed by atoms with Crippen molar-refractivity contribution in [3.63, 3.8) is 0 Å². The van der Waals surface area contributed by atoms with Gasteiger partial charge in [0.15, 0.2) is 0 Å². The van der Waals surface area contributed by atoms with Crippen LogP contribution in [0.15, 0.2) is 34.8 Å². The van der Waals surface area contributed by atoms with Gasteiger partial charge in [-0.05, 0) is 36.2 Å². The fraction of sp³-hybridized carbons (Fsp3) is 0.143. The van der Waals surface area contributed by atoms with Crippen molar-refractivity contribution in [2.24, 2.45) is 0 Å². The molecular formula is C14H11BrCl2N2O2. The smallest absolute Gasteiger partial charge is 0.288 e. The molecule has 0 saturated heterocycles. The molecular weight excluding hydrogens is 379 g/mol. The van der Waals surface area contributed by atoms with Crippen molar-refractivity contribution >= 4 is 50.5 Å². The molecule has 0 saturated carbocycles. The van der Waals surface area contributed by atoms with E-state index < -0.39 is 4.92 Å². The van der Waals surface area contributed by atoms with Crippen LogP contribution in [0.3, 0.4) is 0 Å². The highest BCUT2D eigenvalue weighted by atomic mass is 79.9. The van der Waals surface area contributed by atoms with Crippen molar-refractivity contribution in [1.29, 1.82) is 0 Å². The van der Waals surface area contributed by atoms with Gasteiger partial charge in [0.1, 0.15) is 5.02 Å². The number of anilines is 1. The molecule has 0 bridgehead atoms. The summed E-state index contributed by atoms with van der Waals surface area (Å²) in [5.74, 6) is 0. The van der Waals surface area contributed by atoms with E-state index in [0.717, 1.165) is 21.3 Å². The second-order valence-electron chi connectivity index (χ2n) is 4.46. The van der Waals surface area contributed by atoms with E-state index in [2.05, 4.69) is 21.2 Å². The fourth-order valence-corrected chi connectivity index (χ4v) is 2.83. The third-order valence-corrected chi connectivity index (χ3v) is 4.12. The standard InChI is InChI=1S/C14H11BrCl2N2O2/c1-8-4-14(19(20)21)12(17)6-13(8)18-7-9-2-3-10(15)5-11(9)16/h2-6,18H,7H2,1H3. The van der Waals surface area contributed by atoms with Gasteiger partial charge < -0.3 is 5.32 Å². The Labute approximate surface area is 140 Å². The molecule has 7 heteroatoms. The summed E-state index contributed by atoms with van der Waals surface area (Å²) in [5, 5.41) is 14.8. The zero-order valence-electron chi connectivity index (χ0n) is 11.0. The Morgan fingerprint density at radius 2 is 1.95 bits per heavy atom. The summed E-state index contributed by atoms with van der Waals surface area (Å²) in [5.41, 5.74) is 2.32. The number of nitro benzene ring substituents is 1. The van der Waals surface area contributed by atoms with Gasteiger partial charge >= 0.3 is 0 Å². The zero-order chi connectivity index (χ0) is 15.6. The summed E-state index contributed by atoms with van der Waals surface area (Å²) >= 11 is 15.4. The van der Waals surface area contributed by atoms with Gasteiger partial charge in [0, 0.05) is 27.8 Å². The first-order valence-electron chi connectivity index (χ1n) is 6.01. The van der Waals surface area contributed by atoms with Gasteiger partial charge in [0.25, 0.3) is 5.69 Å². The van der Waals surface area contributed by atoms with Gasteiger partial charge in [0.05, 0.1) is 4.92 Å². The van der Waals surface area contributed by atoms with Crippen LogP contribution >= 0.6 is 39.1 Å². The minimum absolute atomic E-state index is 0.0959. The minimum Gasteiger partial charge on any atom is -0.381 e. The van der Waals surface area contributed by atoms with E-state index >= 15 is 0 Å². The third kappa shape index (κ3) is 3.87. The van der Waals surface area contributed by atoms with Crippen LogP contribution in [0.4, 0.5) is 11.4 Å². The van der Waals surface area contributed by atoms with Crippen molar-refractivity contribution in [3.05, 3.63) is 66.1 Å². The number of hydrogen-bond acceptors (Lipinski definition) is 3. The zero-order valence-corrected chi connectivity index (χ0v) is 14.1. The predicted molar refractivity (Wildman–Crippen MR) is 89.3 cm³/mol. The minimum atomic E-state index is -0.495. The van der Waals surface area contributed by atoms with Crippen LogP contribution in [0.5, 0.6) is 0 Å². The van der Waals surface area contributed by atoms with E-state index in [1.807, 2.05) is 18.2 Å². The van der Waals surface area contributed by atoms with Crippen LogP contribution in [0, 0.1) is 17.0 Å². The number of hydrogen-bond donors (Lipinski definition) is 1. The normalized spacial score (nSPS) is 10.5. The van der Waals surface area contributed by atoms with Crippen molar-refractivity contribution in [2.75, 3.05) is 5.32 Å². The number of halogens is 3. The van der Waals surface area contributed by atoms with Gasteiger partial charge in [-0.3, -0.25) is 10.1 Å². The molecule has 21 heavy (non-hydrogen) atoms. The van der Waals surface area contributed by atoms with Crippen LogP contribution in [-0.2, 0) is 6.54 Å². The lowest BCUT2D eigenvalue weighted by atomic mass is 10.1. The van der Waals surface area contributed by atoms with Crippen LogP contribution in [0.25, 0.3) is 0 Å². The molecule has 0 amide bonds. The van der Waals surface area contributed by atoms with Crippen molar-refractivity contribution in [3.8, 4) is 0 Å². The molecule has 0 fully saturated rings. The van der Waals surface area contributed by atoms with E-state index in [4.69, 9.17) is 23.2 Å². The lowest BCUT2D eigenvalue weighted by Crippen LogP contribution is -2.02. The maximum atomic E-state index is 10.8. The molecule has 0 aliphatic carbocycles. The summed E-state index contributed by atoms with van der Waals surface area (Å²) in [4.78, 5) is 10.3. The molecule has 4 nitrogen and oxygen atoms in total. The average Bonchev–Trinajstić information content (AvgIpc) is 2.40. The first kappa shape index (κ1) is 16.1. The first-order valence-corrected chi connectivity index (χ1v) is 7.55. The monoisotopic (exact) mass is 388 g/mol. The second kappa shape index (κ2) is 6.64. The number of benzene rings is 2. The van der Waals surface area contributed by atoms with Crippen molar-refractivity contribution in [1.82, 2.24) is 0 Å². The van der Waals surface area contributed by atoms with E-state index in [1.54, 1.807) is 13.0 Å². The second-order valence-corrected chi connectivity index (χ2v) is 6.20. The van der Waals surface area contributed by atoms with Gasteiger partial charge in [-0.15, -0.1) is 0 Å². The largest absolute Gasteiger partial charge is 0.381 e. The molecule has 0 aliphatic rings. The topological polar surface area (TPSA) is 55.2 Å². The highest BCUT2D eigenvalue weighted by molar-refractivity contribution is 9.10. The Hall–Kier alpha value is -1.30. The van der Waals surface area contributed by atoms with Gasteiger partial charge in [0.2, 0.25) is 0 Å². The first-order chi connectivity index (χ1) is 9.88. The average molecular weight is 390 g/mol. The van der Waals surface area contributed by atoms with Gasteiger partial charge in [-0.2, -0.15) is 0 Å². The van der Waals surface area contributed by atoms with E-state index in [-0.39, 0.29) is 10.7 Å². The quantitative estimate of drug-likeness (QED) is 0.548. The number of nitro groups is 1. The highest BCUT2D eigenvalue weighted by Gasteiger charge is 2.15. The maximum Gasteiger partial charge on any atom is 0.288 e. The molecule has 0 radical (unpaired) electrons. The fourth-order valence-electron chi connectivity index (χ4n) is 1.85. The van der Waals surface area contributed by atoms with E-state index in [0.29, 0.717) is 11.6 Å². The number of nitrogens with zero attached hydrogens (tertiary/aromatic N) is 1. The van der Waals surface area contributed by atoms with Gasteiger partial charge in [-0.1, -0.05) is 45.2 Å². The Bertz CT molecular complexity index is 708. The molecule has 2 rings (SSSR count). The van der Waals surface area contributed by atoms with Crippen molar-refractivity contribution < 1.29 is 4.92 Å². The lowest BCUT2D eigenvalue weighted by Gasteiger charge is -2.11. The summed E-state index contributed by atoms with van der Waals surface area (Å²) < 4.78 is 0.908. The molecule has 0 spiro atoms. The molecule has 1 N–H and O–H groups in total. The Morgan fingerprint density at radius 3 is 2.57 bits per heavy atom. The predicted octanol–water partition coefficient (Wildman–Crippen LogP) is 5.58. The van der Waals surface area contributed by atoms with Gasteiger partial charge in [-0.25, -0.2) is 0 Å². The van der Waals surface area contributed by atoms with Crippen molar-refractivity contribution in [2.45, 2.75) is 13.5 Å². The number of nitrogens with one attached hydrogen (secondary N) is 1. The molecule has 110 valence electrons. The maximum absolute atomic E-state index is 10.8. The molecule has 0 heterocycles. The van der Waals surface area contributed by atoms with Crippen LogP contribution in [0.1, 0.15) is 11.1 Å². The Morgan fingerprint density at radius 1 is 1.24 bits per heavy atom. The molecule has 0 aromatic heterocycles.